The van der Waals surface area contributed by atoms with E-state index in [1.165, 1.54) is 0 Å². The number of ether oxygens (including phenoxy) is 1. The molecule has 2 atom stereocenters. The van der Waals surface area contributed by atoms with Gasteiger partial charge >= 0.3 is 0 Å². The van der Waals surface area contributed by atoms with Gasteiger partial charge in [0.1, 0.15) is 35.2 Å². The minimum absolute atomic E-state index is 0.0448. The number of H-pyrrole nitrogens is 1. The second kappa shape index (κ2) is 14.8. The summed E-state index contributed by atoms with van der Waals surface area (Å²) in [6.45, 7) is 12.5. The Hall–Kier alpha value is -5.41. The van der Waals surface area contributed by atoms with Crippen LogP contribution in [-0.4, -0.2) is 136 Å². The highest BCUT2D eigenvalue weighted by molar-refractivity contribution is 6.23. The van der Waals surface area contributed by atoms with Crippen LogP contribution in [0.1, 0.15) is 72.6 Å². The highest BCUT2D eigenvalue weighted by Crippen LogP contribution is 2.41. The number of imide groups is 2. The number of carbonyl (C=O) groups excluding carboxylic acids is 4. The molecule has 2 aromatic carbocycles. The Morgan fingerprint density at radius 2 is 1.50 bits per heavy atom. The van der Waals surface area contributed by atoms with Crippen LogP contribution in [0.2, 0.25) is 0 Å². The minimum Gasteiger partial charge on any atom is -0.488 e. The molecule has 15 nitrogen and oxygen atoms in total. The zero-order chi connectivity index (χ0) is 39.5. The van der Waals surface area contributed by atoms with Crippen LogP contribution in [0.25, 0.3) is 22.3 Å². The molecule has 7 heterocycles. The lowest BCUT2D eigenvalue weighted by molar-refractivity contribution is -0.136. The summed E-state index contributed by atoms with van der Waals surface area (Å²) in [7, 11) is 0. The van der Waals surface area contributed by atoms with Crippen molar-refractivity contribution in [2.45, 2.75) is 63.5 Å². The molecule has 302 valence electrons. The van der Waals surface area contributed by atoms with Crippen LogP contribution in [-0.2, 0) is 9.59 Å². The van der Waals surface area contributed by atoms with E-state index in [1.54, 1.807) is 18.5 Å². The molecule has 2 aromatic heterocycles. The standard InChI is InChI=1S/C43H50N10O5/c1-43(11-12-43)58-30-3-5-34-33(21-30)39(48-47-34)35-22-37(45-26-44-35)52-15-10-28(25-52)24-50-18-16-49(17-19-50)23-27-8-13-51(14-9-27)29-2-4-31-32(20-29)42(57)53(41(31)56)36-6-7-38(54)46-40(36)55/h2-5,20-22,26-28,36H,6-19,23-25H2,1H3,(H,47,48)(H,46,54,55)/t28-,36?/m1/s1. The van der Waals surface area contributed by atoms with E-state index in [1.807, 2.05) is 18.2 Å². The fraction of sp³-hybridized carbons (Fsp3) is 0.512. The lowest BCUT2D eigenvalue weighted by Crippen LogP contribution is -2.54. The van der Waals surface area contributed by atoms with Crippen LogP contribution in [0.4, 0.5) is 11.5 Å². The summed E-state index contributed by atoms with van der Waals surface area (Å²) >= 11 is 0. The molecule has 2 N–H and O–H groups in total. The van der Waals surface area contributed by atoms with E-state index in [9.17, 15) is 19.2 Å². The molecule has 10 rings (SSSR count). The first kappa shape index (κ1) is 36.9. The summed E-state index contributed by atoms with van der Waals surface area (Å²) < 4.78 is 6.23. The van der Waals surface area contributed by atoms with Gasteiger partial charge in [0.25, 0.3) is 11.8 Å². The average Bonchev–Trinajstić information content (AvgIpc) is 3.51. The maximum absolute atomic E-state index is 13.4. The van der Waals surface area contributed by atoms with Crippen molar-refractivity contribution in [3.8, 4) is 17.1 Å². The lowest BCUT2D eigenvalue weighted by atomic mass is 9.95. The van der Waals surface area contributed by atoms with Crippen LogP contribution in [0.5, 0.6) is 5.75 Å². The van der Waals surface area contributed by atoms with E-state index in [2.05, 4.69) is 64.1 Å². The summed E-state index contributed by atoms with van der Waals surface area (Å²) in [5, 5.41) is 11.1. The van der Waals surface area contributed by atoms with Crippen LogP contribution in [0.3, 0.4) is 0 Å². The van der Waals surface area contributed by atoms with E-state index in [0.717, 1.165) is 142 Å². The fourth-order valence-electron chi connectivity index (χ4n) is 9.57. The Morgan fingerprint density at radius 3 is 2.26 bits per heavy atom. The molecule has 5 aliphatic heterocycles. The number of benzene rings is 2. The van der Waals surface area contributed by atoms with Crippen molar-refractivity contribution in [1.29, 1.82) is 0 Å². The fourth-order valence-corrected chi connectivity index (χ4v) is 9.57. The Kier molecular flexibility index (Phi) is 9.39. The van der Waals surface area contributed by atoms with Crippen molar-refractivity contribution in [3.63, 3.8) is 0 Å². The number of fused-ring (bicyclic) bond motifs is 2. The zero-order valence-electron chi connectivity index (χ0n) is 33.0. The predicted molar refractivity (Wildman–Crippen MR) is 217 cm³/mol. The van der Waals surface area contributed by atoms with E-state index in [0.29, 0.717) is 23.0 Å². The lowest BCUT2D eigenvalue weighted by Gasteiger charge is -2.40. The first-order chi connectivity index (χ1) is 28.2. The van der Waals surface area contributed by atoms with Crippen LogP contribution in [0.15, 0.2) is 48.8 Å². The number of aromatic amines is 1. The number of aromatic nitrogens is 4. The summed E-state index contributed by atoms with van der Waals surface area (Å²) in [6.07, 6.45) is 7.38. The maximum atomic E-state index is 13.4. The number of nitrogens with one attached hydrogen (secondary N) is 2. The smallest absolute Gasteiger partial charge is 0.262 e. The molecule has 0 bridgehead atoms. The van der Waals surface area contributed by atoms with Gasteiger partial charge in [0, 0.05) is 89.0 Å². The largest absolute Gasteiger partial charge is 0.488 e. The van der Waals surface area contributed by atoms with Gasteiger partial charge in [0.2, 0.25) is 11.8 Å². The number of hydrogen-bond acceptors (Lipinski definition) is 12. The summed E-state index contributed by atoms with van der Waals surface area (Å²) in [5.41, 5.74) is 4.14. The van der Waals surface area contributed by atoms with Gasteiger partial charge in [0.05, 0.1) is 22.3 Å². The third-order valence-corrected chi connectivity index (χ3v) is 13.3. The second-order valence-electron chi connectivity index (χ2n) is 17.4. The summed E-state index contributed by atoms with van der Waals surface area (Å²) in [6, 6.07) is 12.7. The second-order valence-corrected chi connectivity index (χ2v) is 17.4. The first-order valence-corrected chi connectivity index (χ1v) is 21.0. The average molecular weight is 787 g/mol. The third kappa shape index (κ3) is 7.18. The highest BCUT2D eigenvalue weighted by Gasteiger charge is 2.45. The number of nitrogens with zero attached hydrogens (tertiary/aromatic N) is 8. The molecule has 5 fully saturated rings. The highest BCUT2D eigenvalue weighted by atomic mass is 16.5. The van der Waals surface area contributed by atoms with Crippen LogP contribution < -0.4 is 19.9 Å². The number of anilines is 2. The maximum Gasteiger partial charge on any atom is 0.262 e. The Balaban J connectivity index is 0.681. The molecule has 0 radical (unpaired) electrons. The zero-order valence-corrected chi connectivity index (χ0v) is 33.0. The normalized spacial score (nSPS) is 24.2. The molecule has 4 amide bonds. The van der Waals surface area contributed by atoms with Crippen molar-refractivity contribution in [1.82, 2.24) is 40.2 Å². The third-order valence-electron chi connectivity index (χ3n) is 13.3. The molecule has 15 heteroatoms. The Labute approximate surface area is 337 Å². The number of piperazine rings is 1. The molecule has 0 spiro atoms. The van der Waals surface area contributed by atoms with Gasteiger partial charge in [0.15, 0.2) is 0 Å². The quantitative estimate of drug-likeness (QED) is 0.225. The van der Waals surface area contributed by atoms with Crippen LogP contribution >= 0.6 is 0 Å². The number of hydrogen-bond donors (Lipinski definition) is 2. The topological polar surface area (TPSA) is 160 Å². The number of amides is 4. The summed E-state index contributed by atoms with van der Waals surface area (Å²) in [5.74, 6) is 1.13. The molecule has 1 saturated carbocycles. The van der Waals surface area contributed by atoms with Gasteiger partial charge in [-0.15, -0.1) is 0 Å². The van der Waals surface area contributed by atoms with Gasteiger partial charge in [-0.3, -0.25) is 34.5 Å². The molecule has 6 aliphatic rings. The van der Waals surface area contributed by atoms with Gasteiger partial charge in [-0.05, 0) is 93.7 Å². The van der Waals surface area contributed by atoms with Crippen molar-refractivity contribution >= 4 is 46.0 Å². The molecular formula is C43H50N10O5. The molecular weight excluding hydrogens is 737 g/mol. The molecule has 1 unspecified atom stereocenters. The SMILES string of the molecule is CC1(Oc2ccc3[nH]nc(-c4cc(N5CC[C@H](CN6CCN(CC7CCN(c8ccc9c(c8)C(=O)N(C8CCC(=O)NC8=O)C9=O)CC7)CC6)C5)ncn4)c3c2)CC1. The van der Waals surface area contributed by atoms with Gasteiger partial charge in [-0.1, -0.05) is 0 Å². The first-order valence-electron chi connectivity index (χ1n) is 21.0. The number of rotatable bonds is 10. The van der Waals surface area contributed by atoms with Crippen molar-refractivity contribution in [3.05, 3.63) is 59.9 Å². The number of carbonyl (C=O) groups is 4. The van der Waals surface area contributed by atoms with Crippen LogP contribution in [0, 0.1) is 11.8 Å². The predicted octanol–water partition coefficient (Wildman–Crippen LogP) is 3.71. The van der Waals surface area contributed by atoms with Crippen molar-refractivity contribution < 1.29 is 23.9 Å². The molecule has 4 saturated heterocycles. The van der Waals surface area contributed by atoms with Crippen molar-refractivity contribution in [2.75, 3.05) is 75.2 Å². The molecule has 58 heavy (non-hydrogen) atoms. The molecule has 1 aliphatic carbocycles. The minimum atomic E-state index is -0.954. The Bertz CT molecular complexity index is 2270. The van der Waals surface area contributed by atoms with E-state index in [4.69, 9.17) is 4.74 Å². The monoisotopic (exact) mass is 786 g/mol. The number of piperidine rings is 2. The van der Waals surface area contributed by atoms with Crippen molar-refractivity contribution in [2.24, 2.45) is 11.8 Å². The molecule has 4 aromatic rings. The Morgan fingerprint density at radius 1 is 0.776 bits per heavy atom. The van der Waals surface area contributed by atoms with E-state index >= 15 is 0 Å². The summed E-state index contributed by atoms with van der Waals surface area (Å²) in [4.78, 5) is 70.9. The van der Waals surface area contributed by atoms with Gasteiger partial charge in [-0.2, -0.15) is 5.10 Å². The van der Waals surface area contributed by atoms with Gasteiger partial charge in [-0.25, -0.2) is 9.97 Å². The van der Waals surface area contributed by atoms with E-state index in [-0.39, 0.29) is 24.3 Å². The van der Waals surface area contributed by atoms with Gasteiger partial charge < -0.3 is 24.3 Å². The van der Waals surface area contributed by atoms with E-state index < -0.39 is 23.8 Å².